The van der Waals surface area contributed by atoms with Crippen molar-refractivity contribution in [1.82, 2.24) is 0 Å². The summed E-state index contributed by atoms with van der Waals surface area (Å²) in [6.07, 6.45) is -0.886. The second-order valence-electron chi connectivity index (χ2n) is 6.44. The summed E-state index contributed by atoms with van der Waals surface area (Å²) < 4.78 is 5.38. The van der Waals surface area contributed by atoms with Gasteiger partial charge in [-0.15, -0.1) is 0 Å². The quantitative estimate of drug-likeness (QED) is 0.903. The number of ether oxygens (including phenoxy) is 1. The first-order chi connectivity index (χ1) is 10.8. The van der Waals surface area contributed by atoms with Crippen molar-refractivity contribution in [2.24, 2.45) is 5.41 Å². The van der Waals surface area contributed by atoms with Crippen molar-refractivity contribution in [1.29, 1.82) is 0 Å². The van der Waals surface area contributed by atoms with Crippen LogP contribution < -0.4 is 10.1 Å². The van der Waals surface area contributed by atoms with E-state index in [1.54, 1.807) is 25.3 Å². The van der Waals surface area contributed by atoms with E-state index in [4.69, 9.17) is 4.74 Å². The highest BCUT2D eigenvalue weighted by molar-refractivity contribution is 5.95. The molecule has 4 heteroatoms. The van der Waals surface area contributed by atoms with Gasteiger partial charge in [-0.05, 0) is 17.7 Å². The molecule has 0 aliphatic rings. The molecule has 0 fully saturated rings. The molecule has 0 unspecified atom stereocenters. The molecule has 0 saturated carbocycles. The summed E-state index contributed by atoms with van der Waals surface area (Å²) in [6.45, 7) is 5.53. The van der Waals surface area contributed by atoms with E-state index in [1.807, 2.05) is 51.1 Å². The predicted octanol–water partition coefficient (Wildman–Crippen LogP) is 3.76. The van der Waals surface area contributed by atoms with Crippen LogP contribution in [0.15, 0.2) is 48.5 Å². The number of aliphatic hydroxyl groups is 1. The Morgan fingerprint density at radius 2 is 1.74 bits per heavy atom. The van der Waals surface area contributed by atoms with Crippen LogP contribution in [0, 0.1) is 5.41 Å². The molecule has 0 aromatic heterocycles. The molecular weight excluding hydrogens is 290 g/mol. The molecule has 2 aromatic rings. The van der Waals surface area contributed by atoms with E-state index in [0.29, 0.717) is 17.0 Å². The standard InChI is InChI=1S/C19H23NO3/c1-19(2,3)18(22)20-14-11-8-12-15(23-4)16(14)17(21)13-9-6-5-7-10-13/h5-12,17,21H,1-4H3,(H,20,22)/t17-/m1/s1. The Bertz CT molecular complexity index is 675. The van der Waals surface area contributed by atoms with E-state index >= 15 is 0 Å². The summed E-state index contributed by atoms with van der Waals surface area (Å²) in [7, 11) is 1.55. The van der Waals surface area contributed by atoms with Crippen molar-refractivity contribution in [2.45, 2.75) is 26.9 Å². The molecule has 1 amide bonds. The molecule has 0 aliphatic heterocycles. The number of benzene rings is 2. The smallest absolute Gasteiger partial charge is 0.229 e. The van der Waals surface area contributed by atoms with Crippen molar-refractivity contribution >= 4 is 11.6 Å². The molecule has 0 saturated heterocycles. The van der Waals surface area contributed by atoms with Crippen LogP contribution in [0.3, 0.4) is 0 Å². The highest BCUT2D eigenvalue weighted by Crippen LogP contribution is 2.36. The molecule has 1 atom stereocenters. The van der Waals surface area contributed by atoms with Crippen molar-refractivity contribution in [3.63, 3.8) is 0 Å². The normalized spacial score (nSPS) is 12.6. The fourth-order valence-corrected chi connectivity index (χ4v) is 2.22. The Morgan fingerprint density at radius 3 is 2.30 bits per heavy atom. The first kappa shape index (κ1) is 17.0. The van der Waals surface area contributed by atoms with Crippen LogP contribution in [-0.2, 0) is 4.79 Å². The minimum Gasteiger partial charge on any atom is -0.496 e. The lowest BCUT2D eigenvalue weighted by atomic mass is 9.94. The number of hydrogen-bond donors (Lipinski definition) is 2. The highest BCUT2D eigenvalue weighted by atomic mass is 16.5. The third-order valence-corrected chi connectivity index (χ3v) is 3.60. The minimum absolute atomic E-state index is 0.118. The van der Waals surface area contributed by atoms with Gasteiger partial charge in [0.05, 0.1) is 18.4 Å². The van der Waals surface area contributed by atoms with Gasteiger partial charge in [-0.2, -0.15) is 0 Å². The molecule has 0 heterocycles. The molecule has 2 N–H and O–H groups in total. The lowest BCUT2D eigenvalue weighted by Crippen LogP contribution is -2.28. The van der Waals surface area contributed by atoms with E-state index in [0.717, 1.165) is 5.56 Å². The monoisotopic (exact) mass is 313 g/mol. The Balaban J connectivity index is 2.46. The Hall–Kier alpha value is -2.33. The summed E-state index contributed by atoms with van der Waals surface area (Å²) in [5.74, 6) is 0.417. The van der Waals surface area contributed by atoms with Gasteiger partial charge in [0.1, 0.15) is 11.9 Å². The summed E-state index contributed by atoms with van der Waals surface area (Å²) in [4.78, 5) is 12.3. The lowest BCUT2D eigenvalue weighted by Gasteiger charge is -2.23. The number of aliphatic hydroxyl groups excluding tert-OH is 1. The van der Waals surface area contributed by atoms with Crippen LogP contribution in [0.1, 0.15) is 38.0 Å². The fraction of sp³-hybridized carbons (Fsp3) is 0.316. The van der Waals surface area contributed by atoms with Crippen LogP contribution >= 0.6 is 0 Å². The first-order valence-electron chi connectivity index (χ1n) is 7.56. The van der Waals surface area contributed by atoms with E-state index in [1.165, 1.54) is 0 Å². The Labute approximate surface area is 137 Å². The second-order valence-corrected chi connectivity index (χ2v) is 6.44. The topological polar surface area (TPSA) is 58.6 Å². The average Bonchev–Trinajstić information content (AvgIpc) is 2.54. The highest BCUT2D eigenvalue weighted by Gasteiger charge is 2.25. The lowest BCUT2D eigenvalue weighted by molar-refractivity contribution is -0.123. The van der Waals surface area contributed by atoms with Gasteiger partial charge in [0, 0.05) is 5.41 Å². The van der Waals surface area contributed by atoms with E-state index in [-0.39, 0.29) is 5.91 Å². The SMILES string of the molecule is COc1cccc(NC(=O)C(C)(C)C)c1[C@H](O)c1ccccc1. The molecular formula is C19H23NO3. The zero-order chi connectivity index (χ0) is 17.0. The molecule has 0 bridgehead atoms. The summed E-state index contributed by atoms with van der Waals surface area (Å²) in [5.41, 5.74) is 1.32. The molecule has 0 radical (unpaired) electrons. The van der Waals surface area contributed by atoms with Crippen LogP contribution in [0.5, 0.6) is 5.75 Å². The Kier molecular flexibility index (Phi) is 5.06. The van der Waals surface area contributed by atoms with Gasteiger partial charge in [-0.1, -0.05) is 57.2 Å². The van der Waals surface area contributed by atoms with Gasteiger partial charge >= 0.3 is 0 Å². The van der Waals surface area contributed by atoms with E-state index in [2.05, 4.69) is 5.32 Å². The van der Waals surface area contributed by atoms with Crippen LogP contribution in [0.25, 0.3) is 0 Å². The zero-order valence-electron chi connectivity index (χ0n) is 14.0. The maximum absolute atomic E-state index is 12.3. The largest absolute Gasteiger partial charge is 0.496 e. The number of anilines is 1. The van der Waals surface area contributed by atoms with E-state index < -0.39 is 11.5 Å². The van der Waals surface area contributed by atoms with Gasteiger partial charge in [-0.25, -0.2) is 0 Å². The molecule has 23 heavy (non-hydrogen) atoms. The number of nitrogens with one attached hydrogen (secondary N) is 1. The van der Waals surface area contributed by atoms with Crippen molar-refractivity contribution < 1.29 is 14.6 Å². The molecule has 2 rings (SSSR count). The van der Waals surface area contributed by atoms with Gasteiger partial charge < -0.3 is 15.2 Å². The van der Waals surface area contributed by atoms with Gasteiger partial charge in [0.25, 0.3) is 0 Å². The number of carbonyl (C=O) groups is 1. The maximum Gasteiger partial charge on any atom is 0.229 e. The molecule has 0 aliphatic carbocycles. The summed E-state index contributed by atoms with van der Waals surface area (Å²) in [6, 6.07) is 14.6. The predicted molar refractivity (Wildman–Crippen MR) is 91.6 cm³/mol. The number of hydrogen-bond acceptors (Lipinski definition) is 3. The molecule has 0 spiro atoms. The maximum atomic E-state index is 12.3. The summed E-state index contributed by atoms with van der Waals surface area (Å²) >= 11 is 0. The summed E-state index contributed by atoms with van der Waals surface area (Å²) in [5, 5.41) is 13.7. The number of methoxy groups -OCH3 is 1. The Morgan fingerprint density at radius 1 is 1.09 bits per heavy atom. The van der Waals surface area contributed by atoms with Gasteiger partial charge in [0.15, 0.2) is 0 Å². The second kappa shape index (κ2) is 6.84. The number of carbonyl (C=O) groups excluding carboxylic acids is 1. The van der Waals surface area contributed by atoms with Crippen LogP contribution in [0.4, 0.5) is 5.69 Å². The third kappa shape index (κ3) is 3.90. The zero-order valence-corrected chi connectivity index (χ0v) is 14.0. The fourth-order valence-electron chi connectivity index (χ4n) is 2.22. The van der Waals surface area contributed by atoms with Crippen molar-refractivity contribution in [3.05, 3.63) is 59.7 Å². The van der Waals surface area contributed by atoms with Crippen molar-refractivity contribution in [3.8, 4) is 5.75 Å². The molecule has 2 aromatic carbocycles. The number of rotatable bonds is 4. The van der Waals surface area contributed by atoms with Crippen LogP contribution in [-0.4, -0.2) is 18.1 Å². The molecule has 122 valence electrons. The minimum atomic E-state index is -0.886. The first-order valence-corrected chi connectivity index (χ1v) is 7.56. The number of amides is 1. The van der Waals surface area contributed by atoms with Crippen molar-refractivity contribution in [2.75, 3.05) is 12.4 Å². The van der Waals surface area contributed by atoms with E-state index in [9.17, 15) is 9.90 Å². The average molecular weight is 313 g/mol. The third-order valence-electron chi connectivity index (χ3n) is 3.60. The van der Waals surface area contributed by atoms with Gasteiger partial charge in [-0.3, -0.25) is 4.79 Å². The molecule has 4 nitrogen and oxygen atoms in total. The van der Waals surface area contributed by atoms with Gasteiger partial charge in [0.2, 0.25) is 5.91 Å². The van der Waals surface area contributed by atoms with Crippen LogP contribution in [0.2, 0.25) is 0 Å².